The van der Waals surface area contributed by atoms with E-state index in [2.05, 4.69) is 4.98 Å². The molecule has 8 atom stereocenters. The summed E-state index contributed by atoms with van der Waals surface area (Å²) in [6.45, 7) is 12.3. The lowest BCUT2D eigenvalue weighted by molar-refractivity contribution is -0.384. The van der Waals surface area contributed by atoms with Crippen molar-refractivity contribution >= 4 is 23.6 Å². The molecule has 1 aromatic carbocycles. The zero-order chi connectivity index (χ0) is 39.3. The molecule has 54 heavy (non-hydrogen) atoms. The van der Waals surface area contributed by atoms with E-state index in [1.165, 1.54) is 36.5 Å². The van der Waals surface area contributed by atoms with Crippen LogP contribution in [0.4, 0.5) is 5.69 Å². The number of nitro groups is 1. The summed E-state index contributed by atoms with van der Waals surface area (Å²) in [6.07, 6.45) is 0.671. The molecular formula is C40H46N2O12. The van der Waals surface area contributed by atoms with E-state index in [1.807, 2.05) is 13.8 Å². The number of carbonyl (C=O) groups is 3. The molecule has 0 bridgehead atoms. The third-order valence-corrected chi connectivity index (χ3v) is 11.8. The minimum Gasteiger partial charge on any atom is -0.482 e. The molecule has 0 spiro atoms. The number of aromatic nitrogens is 1. The van der Waals surface area contributed by atoms with Crippen molar-refractivity contribution in [3.8, 4) is 17.1 Å². The van der Waals surface area contributed by atoms with Gasteiger partial charge in [0.2, 0.25) is 0 Å². The Hall–Kier alpha value is -5.11. The van der Waals surface area contributed by atoms with Gasteiger partial charge in [0.25, 0.3) is 5.69 Å². The Morgan fingerprint density at radius 2 is 1.70 bits per heavy atom. The fourth-order valence-electron chi connectivity index (χ4n) is 8.97. The zero-order valence-electron chi connectivity index (χ0n) is 31.4. The fraction of sp³-hybridized carbons (Fsp3) is 0.525. The van der Waals surface area contributed by atoms with Crippen molar-refractivity contribution in [1.29, 1.82) is 0 Å². The number of nitrogens with zero attached hydrogens (tertiary/aromatic N) is 2. The predicted octanol–water partition coefficient (Wildman–Crippen LogP) is 6.23. The number of ether oxygens (including phenoxy) is 4. The lowest BCUT2D eigenvalue weighted by Gasteiger charge is -2.66. The SMILES string of the molecule is CC(C)C(=O)OCC1(C)C2C[C@H](OC(=O)c3ccc([N+](=O)[O-])cc3)[C@@]3(C)Oc4cc(-c5cccnc5)oc(=O)c4[C@H](O)C3C2(C)CC[C@@H]1OC(=O)C(C)C. The van der Waals surface area contributed by atoms with Gasteiger partial charge in [-0.3, -0.25) is 24.7 Å². The molecule has 3 heterocycles. The van der Waals surface area contributed by atoms with E-state index in [-0.39, 0.29) is 41.4 Å². The van der Waals surface area contributed by atoms with Crippen LogP contribution in [-0.2, 0) is 23.8 Å². The Labute approximate surface area is 312 Å². The second kappa shape index (κ2) is 14.3. The molecule has 14 heteroatoms. The quantitative estimate of drug-likeness (QED) is 0.112. The molecule has 6 rings (SSSR count). The van der Waals surface area contributed by atoms with Crippen LogP contribution >= 0.6 is 0 Å². The molecule has 2 saturated carbocycles. The topological polar surface area (TPSA) is 195 Å². The Morgan fingerprint density at radius 3 is 2.31 bits per heavy atom. The Morgan fingerprint density at radius 1 is 1.02 bits per heavy atom. The number of aliphatic hydroxyl groups is 1. The summed E-state index contributed by atoms with van der Waals surface area (Å²) in [6, 6.07) is 9.89. The smallest absolute Gasteiger partial charge is 0.345 e. The molecule has 2 aromatic heterocycles. The van der Waals surface area contributed by atoms with Gasteiger partial charge in [0.15, 0.2) is 0 Å². The van der Waals surface area contributed by atoms with E-state index in [4.69, 9.17) is 23.4 Å². The Balaban J connectivity index is 1.49. The van der Waals surface area contributed by atoms with E-state index in [0.717, 1.165) is 0 Å². The molecule has 288 valence electrons. The third kappa shape index (κ3) is 6.65. The monoisotopic (exact) mass is 746 g/mol. The van der Waals surface area contributed by atoms with Crippen LogP contribution in [0.5, 0.6) is 5.75 Å². The largest absolute Gasteiger partial charge is 0.482 e. The highest BCUT2D eigenvalue weighted by atomic mass is 16.6. The van der Waals surface area contributed by atoms with E-state index >= 15 is 0 Å². The van der Waals surface area contributed by atoms with Gasteiger partial charge in [-0.05, 0) is 61.8 Å². The number of aliphatic hydroxyl groups excluding tert-OH is 1. The van der Waals surface area contributed by atoms with Gasteiger partial charge in [0.05, 0.1) is 28.4 Å². The first-order chi connectivity index (χ1) is 25.4. The average Bonchev–Trinajstić information content (AvgIpc) is 3.12. The number of esters is 3. The predicted molar refractivity (Wildman–Crippen MR) is 192 cm³/mol. The first-order valence-electron chi connectivity index (χ1n) is 18.2. The van der Waals surface area contributed by atoms with Crippen LogP contribution in [0.15, 0.2) is 64.1 Å². The number of rotatable bonds is 9. The summed E-state index contributed by atoms with van der Waals surface area (Å²) in [4.78, 5) is 68.5. The summed E-state index contributed by atoms with van der Waals surface area (Å²) in [7, 11) is 0. The van der Waals surface area contributed by atoms with Gasteiger partial charge in [0, 0.05) is 47.5 Å². The van der Waals surface area contributed by atoms with Crippen molar-refractivity contribution in [2.45, 2.75) is 91.6 Å². The van der Waals surface area contributed by atoms with Crippen molar-refractivity contribution in [1.82, 2.24) is 4.98 Å². The van der Waals surface area contributed by atoms with Gasteiger partial charge in [-0.2, -0.15) is 0 Å². The Kier molecular flexibility index (Phi) is 10.2. The number of fused-ring (bicyclic) bond motifs is 4. The first kappa shape index (κ1) is 38.6. The molecule has 14 nitrogen and oxygen atoms in total. The summed E-state index contributed by atoms with van der Waals surface area (Å²) in [5.41, 5.74) is -3.95. The van der Waals surface area contributed by atoms with Crippen LogP contribution in [0, 0.1) is 44.6 Å². The molecule has 1 N–H and O–H groups in total. The number of carbonyl (C=O) groups excluding carboxylic acids is 3. The second-order valence-electron chi connectivity index (χ2n) is 16.0. The van der Waals surface area contributed by atoms with Gasteiger partial charge in [-0.15, -0.1) is 0 Å². The van der Waals surface area contributed by atoms with Crippen LogP contribution in [0.1, 0.15) is 89.8 Å². The van der Waals surface area contributed by atoms with Crippen molar-refractivity contribution in [3.05, 3.63) is 86.5 Å². The minimum atomic E-state index is -1.47. The van der Waals surface area contributed by atoms with Gasteiger partial charge in [-0.25, -0.2) is 9.59 Å². The average molecular weight is 747 g/mol. The van der Waals surface area contributed by atoms with Gasteiger partial charge >= 0.3 is 23.5 Å². The molecule has 1 aliphatic heterocycles. The summed E-state index contributed by atoms with van der Waals surface area (Å²) in [5.74, 6) is -3.77. The number of non-ortho nitro benzene ring substituents is 1. The lowest BCUT2D eigenvalue weighted by Crippen LogP contribution is -2.71. The number of hydrogen-bond acceptors (Lipinski definition) is 13. The number of pyridine rings is 1. The number of benzene rings is 1. The molecule has 4 unspecified atom stereocenters. The first-order valence-corrected chi connectivity index (χ1v) is 18.2. The highest BCUT2D eigenvalue weighted by molar-refractivity contribution is 5.89. The Bertz CT molecular complexity index is 2000. The molecule has 2 fully saturated rings. The molecule has 2 aliphatic carbocycles. The van der Waals surface area contributed by atoms with E-state index < -0.39 is 86.9 Å². The van der Waals surface area contributed by atoms with Gasteiger partial charge in [-0.1, -0.05) is 41.5 Å². The number of nitro benzene ring substituents is 1. The zero-order valence-corrected chi connectivity index (χ0v) is 31.4. The lowest BCUT2D eigenvalue weighted by atomic mass is 9.42. The third-order valence-electron chi connectivity index (χ3n) is 11.8. The van der Waals surface area contributed by atoms with Crippen molar-refractivity contribution in [2.24, 2.45) is 34.5 Å². The number of hydrogen-bond donors (Lipinski definition) is 1. The molecule has 3 aromatic rings. The van der Waals surface area contributed by atoms with E-state index in [1.54, 1.807) is 52.9 Å². The summed E-state index contributed by atoms with van der Waals surface area (Å²) in [5, 5.41) is 23.7. The maximum Gasteiger partial charge on any atom is 0.345 e. The maximum absolute atomic E-state index is 13.9. The van der Waals surface area contributed by atoms with Crippen LogP contribution < -0.4 is 10.4 Å². The van der Waals surface area contributed by atoms with E-state index in [0.29, 0.717) is 18.4 Å². The second-order valence-corrected chi connectivity index (χ2v) is 16.0. The van der Waals surface area contributed by atoms with Gasteiger partial charge < -0.3 is 28.5 Å². The molecule has 3 aliphatic rings. The highest BCUT2D eigenvalue weighted by Crippen LogP contribution is 2.67. The van der Waals surface area contributed by atoms with E-state index in [9.17, 15) is 34.4 Å². The molecule has 0 radical (unpaired) electrons. The minimum absolute atomic E-state index is 0.0476. The van der Waals surface area contributed by atoms with Crippen molar-refractivity contribution in [2.75, 3.05) is 6.61 Å². The standard InChI is InChI=1S/C40H46N2O12/c1-21(2)34(44)50-20-39(6)28-18-30(53-36(46)23-10-12-25(13-11-23)42(48)49)40(7)33(38(28,5)15-14-29(39)52-35(45)22(3)4)32(43)31-27(54-40)17-26(51-37(31)47)24-9-8-16-41-19-24/h8-13,16-17,19,21-22,28-30,32-33,43H,14-15,18,20H2,1-7H3/t28?,29-,30-,32-,33?,38?,39?,40+/m0/s1. The summed E-state index contributed by atoms with van der Waals surface area (Å²) < 4.78 is 30.8. The molecule has 0 saturated heterocycles. The normalized spacial score (nSPS) is 29.9. The highest BCUT2D eigenvalue weighted by Gasteiger charge is 2.71. The van der Waals surface area contributed by atoms with Crippen LogP contribution in [0.2, 0.25) is 0 Å². The van der Waals surface area contributed by atoms with Gasteiger partial charge in [0.1, 0.15) is 41.5 Å². The van der Waals surface area contributed by atoms with Crippen LogP contribution in [0.25, 0.3) is 11.3 Å². The molecular weight excluding hydrogens is 700 g/mol. The fourth-order valence-corrected chi connectivity index (χ4v) is 8.97. The van der Waals surface area contributed by atoms with Crippen molar-refractivity contribution < 1.29 is 47.8 Å². The maximum atomic E-state index is 13.9. The van der Waals surface area contributed by atoms with Crippen LogP contribution in [0.3, 0.4) is 0 Å². The molecule has 0 amide bonds. The van der Waals surface area contributed by atoms with Crippen LogP contribution in [-0.4, -0.2) is 57.3 Å². The summed E-state index contributed by atoms with van der Waals surface area (Å²) >= 11 is 0. The van der Waals surface area contributed by atoms with Crippen molar-refractivity contribution in [3.63, 3.8) is 0 Å².